The molecule has 1 atom stereocenters. The maximum absolute atomic E-state index is 13.3. The summed E-state index contributed by atoms with van der Waals surface area (Å²) in [7, 11) is 0. The van der Waals surface area contributed by atoms with Crippen LogP contribution in [0.3, 0.4) is 0 Å². The van der Waals surface area contributed by atoms with E-state index in [0.717, 1.165) is 0 Å². The molecule has 1 saturated heterocycles. The number of benzene rings is 1. The maximum atomic E-state index is 13.3. The Bertz CT molecular complexity index is 428. The van der Waals surface area contributed by atoms with Crippen LogP contribution in [-0.4, -0.2) is 25.3 Å². The number of ether oxygens (including phenoxy) is 1. The predicted molar refractivity (Wildman–Crippen MR) is 57.9 cm³/mol. The van der Waals surface area contributed by atoms with Crippen molar-refractivity contribution in [1.29, 1.82) is 0 Å². The molecule has 89 valence electrons. The van der Waals surface area contributed by atoms with E-state index < -0.39 is 12.2 Å². The second-order valence-electron chi connectivity index (χ2n) is 3.75. The van der Waals surface area contributed by atoms with E-state index in [1.165, 1.54) is 11.0 Å². The molecule has 1 amide bonds. The van der Waals surface area contributed by atoms with Gasteiger partial charge in [-0.15, -0.1) is 6.54 Å². The van der Waals surface area contributed by atoms with Crippen LogP contribution < -0.4 is 4.90 Å². The normalized spacial score (nSPS) is 18.9. The zero-order valence-electron chi connectivity index (χ0n) is 9.44. The zero-order valence-corrected chi connectivity index (χ0v) is 14.2. The quantitative estimate of drug-likeness (QED) is 0.696. The molecule has 1 N–H and O–H groups in total. The van der Waals surface area contributed by atoms with Gasteiger partial charge in [0.25, 0.3) is 0 Å². The Labute approximate surface area is 135 Å². The van der Waals surface area contributed by atoms with Crippen molar-refractivity contribution in [1.82, 2.24) is 0 Å². The van der Waals surface area contributed by atoms with E-state index in [4.69, 9.17) is 10.5 Å². The molecule has 4 nitrogen and oxygen atoms in total. The van der Waals surface area contributed by atoms with Gasteiger partial charge in [0.1, 0.15) is 11.9 Å². The number of anilines is 1. The number of amides is 1. The van der Waals surface area contributed by atoms with Gasteiger partial charge in [-0.2, -0.15) is 0 Å². The summed E-state index contributed by atoms with van der Waals surface area (Å²) in [6, 6.07) is 4.60. The molecule has 6 heteroatoms. The minimum Gasteiger partial charge on any atom is -0.674 e. The number of aryl methyl sites for hydroxylation is 1. The molecule has 0 bridgehead atoms. The van der Waals surface area contributed by atoms with E-state index in [1.807, 2.05) is 0 Å². The number of carbonyl (C=O) groups is 1. The molecule has 0 aromatic heterocycles. The Balaban J connectivity index is 0.00000144. The van der Waals surface area contributed by atoms with Crippen LogP contribution in [0.25, 0.3) is 5.73 Å². The molecule has 2 rings (SSSR count). The van der Waals surface area contributed by atoms with Gasteiger partial charge < -0.3 is 10.5 Å². The van der Waals surface area contributed by atoms with Gasteiger partial charge in [-0.05, 0) is 24.6 Å². The van der Waals surface area contributed by atoms with Crippen molar-refractivity contribution >= 4 is 11.8 Å². The topological polar surface area (TPSA) is 53.3 Å². The standard InChI is InChI=1S/C11H12FN2O2.Ac/c1-7-2-3-8(4-10(7)12)14-6-9(5-13)16-11(14)15;/h2-4,9,13H,5-6H2,1H3;/q-1;/t9-;/m0./s1. The minimum absolute atomic E-state index is 0. The van der Waals surface area contributed by atoms with E-state index in [1.54, 1.807) is 19.1 Å². The number of carbonyl (C=O) groups excluding carboxylic acids is 1. The van der Waals surface area contributed by atoms with Crippen LogP contribution in [0.5, 0.6) is 0 Å². The van der Waals surface area contributed by atoms with Gasteiger partial charge in [0.15, 0.2) is 0 Å². The smallest absolute Gasteiger partial charge is 0.414 e. The third kappa shape index (κ3) is 3.18. The number of halogens is 1. The summed E-state index contributed by atoms with van der Waals surface area (Å²) in [6.45, 7) is 2.00. The fraction of sp³-hybridized carbons (Fsp3) is 0.364. The third-order valence-corrected chi connectivity index (χ3v) is 2.57. The second kappa shape index (κ2) is 6.12. The first-order valence-corrected chi connectivity index (χ1v) is 5.00. The molecule has 1 aromatic carbocycles. The number of cyclic esters (lactones) is 1. The SMILES string of the molecule is Cc1ccc(N2C[C@H](C[NH-])OC2=O)cc1F.[Ac]. The molecule has 0 spiro atoms. The monoisotopic (exact) mass is 450 g/mol. The predicted octanol–water partition coefficient (Wildman–Crippen LogP) is 2.51. The van der Waals surface area contributed by atoms with Crippen LogP contribution >= 0.6 is 0 Å². The Morgan fingerprint density at radius 3 is 2.82 bits per heavy atom. The average Bonchev–Trinajstić information content (AvgIpc) is 2.64. The van der Waals surface area contributed by atoms with E-state index in [-0.39, 0.29) is 56.4 Å². The Morgan fingerprint density at radius 2 is 2.29 bits per heavy atom. The van der Waals surface area contributed by atoms with Crippen LogP contribution in [-0.2, 0) is 4.74 Å². The Kier molecular flexibility index (Phi) is 5.36. The average molecular weight is 450 g/mol. The molecule has 1 fully saturated rings. The molecule has 1 radical (unpaired) electrons. The van der Waals surface area contributed by atoms with E-state index in [2.05, 4.69) is 0 Å². The first-order chi connectivity index (χ1) is 7.61. The number of nitrogens with one attached hydrogen (secondary N) is 1. The fourth-order valence-corrected chi connectivity index (χ4v) is 1.59. The fourth-order valence-electron chi connectivity index (χ4n) is 1.59. The minimum atomic E-state index is -0.513. The number of rotatable bonds is 2. The summed E-state index contributed by atoms with van der Waals surface area (Å²) < 4.78 is 18.2. The van der Waals surface area contributed by atoms with Crippen molar-refractivity contribution in [2.45, 2.75) is 13.0 Å². The van der Waals surface area contributed by atoms with Crippen molar-refractivity contribution < 1.29 is 58.0 Å². The van der Waals surface area contributed by atoms with Crippen LogP contribution in [0.15, 0.2) is 18.2 Å². The van der Waals surface area contributed by atoms with Crippen molar-refractivity contribution in [2.24, 2.45) is 0 Å². The second-order valence-corrected chi connectivity index (χ2v) is 3.75. The molecule has 0 aliphatic carbocycles. The largest absolute Gasteiger partial charge is 0.674 e. The summed E-state index contributed by atoms with van der Waals surface area (Å²) in [5.41, 5.74) is 8.15. The Hall–Kier alpha value is -0.178. The van der Waals surface area contributed by atoms with Crippen molar-refractivity contribution in [3.8, 4) is 0 Å². The van der Waals surface area contributed by atoms with Gasteiger partial charge >= 0.3 is 6.09 Å². The summed E-state index contributed by atoms with van der Waals surface area (Å²) in [6.07, 6.45) is -0.933. The van der Waals surface area contributed by atoms with Gasteiger partial charge in [-0.25, -0.2) is 9.18 Å². The third-order valence-electron chi connectivity index (χ3n) is 2.57. The zero-order chi connectivity index (χ0) is 11.7. The molecule has 1 heterocycles. The van der Waals surface area contributed by atoms with Gasteiger partial charge in [-0.1, -0.05) is 6.07 Å². The molecule has 17 heavy (non-hydrogen) atoms. The number of hydrogen-bond acceptors (Lipinski definition) is 2. The summed E-state index contributed by atoms with van der Waals surface area (Å²) >= 11 is 0. The number of nitrogens with zero attached hydrogens (tertiary/aromatic N) is 1. The van der Waals surface area contributed by atoms with E-state index in [0.29, 0.717) is 17.8 Å². The molecule has 0 unspecified atom stereocenters. The van der Waals surface area contributed by atoms with Gasteiger partial charge in [0.05, 0.1) is 12.2 Å². The van der Waals surface area contributed by atoms with Gasteiger partial charge in [0, 0.05) is 44.1 Å². The summed E-state index contributed by atoms with van der Waals surface area (Å²) in [4.78, 5) is 12.8. The Morgan fingerprint density at radius 1 is 1.59 bits per heavy atom. The van der Waals surface area contributed by atoms with Crippen LogP contribution in [0.1, 0.15) is 5.56 Å². The van der Waals surface area contributed by atoms with Gasteiger partial charge in [0.2, 0.25) is 0 Å². The van der Waals surface area contributed by atoms with E-state index >= 15 is 0 Å². The first kappa shape index (κ1) is 14.9. The van der Waals surface area contributed by atoms with Crippen LogP contribution in [0, 0.1) is 56.8 Å². The molecular formula is C11H12AcFN2O2-. The molecule has 1 aromatic rings. The maximum Gasteiger partial charge on any atom is 0.414 e. The van der Waals surface area contributed by atoms with Crippen LogP contribution in [0.4, 0.5) is 14.9 Å². The van der Waals surface area contributed by atoms with Crippen molar-refractivity contribution in [2.75, 3.05) is 18.0 Å². The number of hydrogen-bond donors (Lipinski definition) is 0. The summed E-state index contributed by atoms with van der Waals surface area (Å²) in [5, 5.41) is 0. The first-order valence-electron chi connectivity index (χ1n) is 5.00. The van der Waals surface area contributed by atoms with Crippen molar-refractivity contribution in [3.63, 3.8) is 0 Å². The molecule has 0 saturated carbocycles. The summed E-state index contributed by atoms with van der Waals surface area (Å²) in [5.74, 6) is -0.348. The van der Waals surface area contributed by atoms with Crippen molar-refractivity contribution in [3.05, 3.63) is 35.3 Å². The molecular weight excluding hydrogens is 438 g/mol. The van der Waals surface area contributed by atoms with Crippen LogP contribution in [0.2, 0.25) is 0 Å². The van der Waals surface area contributed by atoms with Gasteiger partial charge in [-0.3, -0.25) is 4.90 Å². The van der Waals surface area contributed by atoms with E-state index in [9.17, 15) is 9.18 Å². The molecule has 1 aliphatic heterocycles. The molecule has 1 aliphatic rings.